The van der Waals surface area contributed by atoms with Crippen molar-refractivity contribution in [3.63, 3.8) is 0 Å². The summed E-state index contributed by atoms with van der Waals surface area (Å²) in [6.07, 6.45) is 5.09. The predicted molar refractivity (Wildman–Crippen MR) is 71.6 cm³/mol. The van der Waals surface area contributed by atoms with Crippen molar-refractivity contribution in [2.75, 3.05) is 11.9 Å². The quantitative estimate of drug-likeness (QED) is 0.661. The van der Waals surface area contributed by atoms with Crippen molar-refractivity contribution in [3.05, 3.63) is 21.7 Å². The Morgan fingerprint density at radius 1 is 1.58 bits per heavy atom. The zero-order valence-electron chi connectivity index (χ0n) is 10.2. The summed E-state index contributed by atoms with van der Waals surface area (Å²) in [7, 11) is 0. The molecule has 0 radical (unpaired) electrons. The molecule has 1 aliphatic rings. The Morgan fingerprint density at radius 3 is 3.00 bits per heavy atom. The fourth-order valence-corrected chi connectivity index (χ4v) is 3.23. The summed E-state index contributed by atoms with van der Waals surface area (Å²) in [5.74, 6) is 0.162. The molecule has 1 aliphatic carbocycles. The van der Waals surface area contributed by atoms with Crippen LogP contribution in [0.25, 0.3) is 4.96 Å². The molecule has 2 N–H and O–H groups in total. The Kier molecular flexibility index (Phi) is 2.90. The van der Waals surface area contributed by atoms with Crippen LogP contribution in [0.15, 0.2) is 11.6 Å². The van der Waals surface area contributed by atoms with Gasteiger partial charge in [-0.15, -0.1) is 0 Å². The summed E-state index contributed by atoms with van der Waals surface area (Å²) in [6.45, 7) is 0.304. The largest absolute Gasteiger partial charge is 0.388 e. The third-order valence-corrected chi connectivity index (χ3v) is 4.29. The molecule has 2 aromatic rings. The number of hydrogen-bond donors (Lipinski definition) is 2. The molecule has 7 nitrogen and oxygen atoms in total. The Bertz CT molecular complexity index is 615. The van der Waals surface area contributed by atoms with Gasteiger partial charge < -0.3 is 20.5 Å². The smallest absolute Gasteiger partial charge is 0.372 e. The van der Waals surface area contributed by atoms with Crippen LogP contribution in [-0.2, 0) is 0 Å². The number of imidazole rings is 1. The van der Waals surface area contributed by atoms with Gasteiger partial charge in [-0.05, 0) is 17.8 Å². The van der Waals surface area contributed by atoms with E-state index in [4.69, 9.17) is 0 Å². The Balaban J connectivity index is 1.85. The molecule has 0 spiro atoms. The van der Waals surface area contributed by atoms with Gasteiger partial charge in [-0.3, -0.25) is 0 Å². The number of anilines is 1. The van der Waals surface area contributed by atoms with E-state index in [-0.39, 0.29) is 11.6 Å². The first-order valence-electron chi connectivity index (χ1n) is 6.15. The van der Waals surface area contributed by atoms with E-state index in [1.54, 1.807) is 11.6 Å². The second kappa shape index (κ2) is 4.46. The fraction of sp³-hybridized carbons (Fsp3) is 0.545. The van der Waals surface area contributed by atoms with Crippen molar-refractivity contribution in [1.82, 2.24) is 9.38 Å². The molecule has 1 saturated carbocycles. The highest BCUT2D eigenvalue weighted by Gasteiger charge is 2.32. The standard InChI is InChI=1S/C11H14N4O3S/c16-11(3-1-2-4-11)7-12-8-9(15(17)18)14-5-6-19-10(14)13-8/h5-6,12,16H,1-4,7H2. The van der Waals surface area contributed by atoms with Crippen LogP contribution in [-0.4, -0.2) is 31.6 Å². The molecule has 2 heterocycles. The SMILES string of the molecule is O=[N+]([O-])c1c(NCC2(O)CCCC2)nc2sccn12. The lowest BCUT2D eigenvalue weighted by Crippen LogP contribution is -2.33. The fourth-order valence-electron chi connectivity index (χ4n) is 2.53. The van der Waals surface area contributed by atoms with Gasteiger partial charge in [0, 0.05) is 11.9 Å². The van der Waals surface area contributed by atoms with Gasteiger partial charge >= 0.3 is 5.82 Å². The predicted octanol–water partition coefficient (Wildman–Crippen LogP) is 2.02. The van der Waals surface area contributed by atoms with Gasteiger partial charge in [0.1, 0.15) is 6.20 Å². The molecule has 19 heavy (non-hydrogen) atoms. The highest BCUT2D eigenvalue weighted by Crippen LogP contribution is 2.32. The Labute approximate surface area is 113 Å². The average Bonchev–Trinajstić information content (AvgIpc) is 3.00. The molecular formula is C11H14N4O3S. The van der Waals surface area contributed by atoms with Crippen LogP contribution in [0.4, 0.5) is 11.6 Å². The molecular weight excluding hydrogens is 268 g/mol. The molecule has 0 amide bonds. The molecule has 0 saturated heterocycles. The zero-order valence-corrected chi connectivity index (χ0v) is 11.0. The monoisotopic (exact) mass is 282 g/mol. The van der Waals surface area contributed by atoms with E-state index in [9.17, 15) is 15.2 Å². The first-order chi connectivity index (χ1) is 9.09. The molecule has 0 bridgehead atoms. The van der Waals surface area contributed by atoms with E-state index in [1.807, 2.05) is 0 Å². The van der Waals surface area contributed by atoms with Gasteiger partial charge in [0.2, 0.25) is 5.82 Å². The Hall–Kier alpha value is -1.67. The molecule has 0 aliphatic heterocycles. The van der Waals surface area contributed by atoms with Gasteiger partial charge in [0.05, 0.1) is 5.60 Å². The number of nitrogens with zero attached hydrogens (tertiary/aromatic N) is 3. The van der Waals surface area contributed by atoms with E-state index >= 15 is 0 Å². The number of hydrogen-bond acceptors (Lipinski definition) is 6. The molecule has 8 heteroatoms. The summed E-state index contributed by atoms with van der Waals surface area (Å²) in [4.78, 5) is 15.4. The molecule has 3 rings (SSSR count). The number of aliphatic hydroxyl groups is 1. The maximum absolute atomic E-state index is 11.1. The van der Waals surface area contributed by atoms with Gasteiger partial charge in [0.25, 0.3) is 4.96 Å². The molecule has 0 aromatic carbocycles. The van der Waals surface area contributed by atoms with E-state index in [2.05, 4.69) is 10.3 Å². The van der Waals surface area contributed by atoms with E-state index in [0.717, 1.165) is 25.7 Å². The van der Waals surface area contributed by atoms with Gasteiger partial charge in [-0.25, -0.2) is 0 Å². The van der Waals surface area contributed by atoms with Crippen molar-refractivity contribution in [3.8, 4) is 0 Å². The summed E-state index contributed by atoms with van der Waals surface area (Å²) >= 11 is 1.34. The van der Waals surface area contributed by atoms with Crippen molar-refractivity contribution >= 4 is 27.9 Å². The zero-order chi connectivity index (χ0) is 13.5. The minimum Gasteiger partial charge on any atom is -0.388 e. The van der Waals surface area contributed by atoms with Crippen LogP contribution in [0.1, 0.15) is 25.7 Å². The van der Waals surface area contributed by atoms with E-state index < -0.39 is 10.5 Å². The highest BCUT2D eigenvalue weighted by molar-refractivity contribution is 7.15. The van der Waals surface area contributed by atoms with Crippen molar-refractivity contribution in [2.24, 2.45) is 0 Å². The minimum absolute atomic E-state index is 0.0714. The lowest BCUT2D eigenvalue weighted by molar-refractivity contribution is -0.389. The maximum Gasteiger partial charge on any atom is 0.372 e. The van der Waals surface area contributed by atoms with Crippen LogP contribution >= 0.6 is 11.3 Å². The summed E-state index contributed by atoms with van der Waals surface area (Å²) in [6, 6.07) is 0. The summed E-state index contributed by atoms with van der Waals surface area (Å²) < 4.78 is 1.45. The van der Waals surface area contributed by atoms with E-state index in [0.29, 0.717) is 11.5 Å². The lowest BCUT2D eigenvalue weighted by Gasteiger charge is -2.21. The number of rotatable bonds is 4. The number of fused-ring (bicyclic) bond motifs is 1. The van der Waals surface area contributed by atoms with Gasteiger partial charge in [-0.2, -0.15) is 9.38 Å². The first-order valence-corrected chi connectivity index (χ1v) is 7.03. The lowest BCUT2D eigenvalue weighted by atomic mass is 10.0. The first kappa shape index (κ1) is 12.4. The van der Waals surface area contributed by atoms with Gasteiger partial charge in [0.15, 0.2) is 0 Å². The van der Waals surface area contributed by atoms with Crippen LogP contribution < -0.4 is 5.32 Å². The summed E-state index contributed by atoms with van der Waals surface area (Å²) in [5.41, 5.74) is -0.759. The highest BCUT2D eigenvalue weighted by atomic mass is 32.1. The van der Waals surface area contributed by atoms with E-state index in [1.165, 1.54) is 15.7 Å². The topological polar surface area (TPSA) is 92.7 Å². The van der Waals surface area contributed by atoms with Crippen LogP contribution in [0.3, 0.4) is 0 Å². The molecule has 1 fully saturated rings. The Morgan fingerprint density at radius 2 is 2.32 bits per heavy atom. The number of nitro groups is 1. The molecule has 2 aromatic heterocycles. The summed E-state index contributed by atoms with van der Waals surface area (Å²) in [5, 5.41) is 26.1. The maximum atomic E-state index is 11.1. The number of aromatic nitrogens is 2. The third-order valence-electron chi connectivity index (χ3n) is 3.53. The minimum atomic E-state index is -0.759. The van der Waals surface area contributed by atoms with Crippen LogP contribution in [0.5, 0.6) is 0 Å². The number of nitrogens with one attached hydrogen (secondary N) is 1. The van der Waals surface area contributed by atoms with Crippen LogP contribution in [0, 0.1) is 10.1 Å². The molecule has 102 valence electrons. The van der Waals surface area contributed by atoms with Crippen molar-refractivity contribution in [2.45, 2.75) is 31.3 Å². The van der Waals surface area contributed by atoms with Crippen LogP contribution in [0.2, 0.25) is 0 Å². The second-order valence-electron chi connectivity index (χ2n) is 4.88. The molecule has 0 unspecified atom stereocenters. The third kappa shape index (κ3) is 2.17. The second-order valence-corrected chi connectivity index (χ2v) is 5.75. The van der Waals surface area contributed by atoms with Gasteiger partial charge in [-0.1, -0.05) is 24.2 Å². The average molecular weight is 282 g/mol. The normalized spacial score (nSPS) is 17.9. The van der Waals surface area contributed by atoms with Crippen molar-refractivity contribution < 1.29 is 10.0 Å². The van der Waals surface area contributed by atoms with Crippen molar-refractivity contribution in [1.29, 1.82) is 0 Å². The molecule has 0 atom stereocenters. The number of thiazole rings is 1.